The summed E-state index contributed by atoms with van der Waals surface area (Å²) in [5.41, 5.74) is -3.10. The summed E-state index contributed by atoms with van der Waals surface area (Å²) in [6.07, 6.45) is 1.29. The molecule has 0 radical (unpaired) electrons. The highest BCUT2D eigenvalue weighted by molar-refractivity contribution is 5.71. The maximum atomic E-state index is 13.1. The Hall–Kier alpha value is -2.40. The van der Waals surface area contributed by atoms with Crippen LogP contribution in [0.1, 0.15) is 58.1 Å². The van der Waals surface area contributed by atoms with Crippen LogP contribution in [-0.2, 0) is 16.9 Å². The van der Waals surface area contributed by atoms with Crippen LogP contribution >= 0.6 is 0 Å². The standard InChI is InChI=1S/C23H29F3N2O3/c1-6-20(3,4)14-21(5,7-2)18(19(30)31)17(29)13-10-15-8-11-16(12-9-15)22(27-28-22)23(24,25)26/h1,8-9,11-12,17-18,29H,7,10,13-14H2,2-5H3,(H,30,31)/t17-,18-,21?/m1/s1. The molecule has 1 aromatic rings. The van der Waals surface area contributed by atoms with Gasteiger partial charge in [-0.15, -0.1) is 22.6 Å². The number of aryl methyl sites for hydroxylation is 1. The van der Waals surface area contributed by atoms with Gasteiger partial charge in [0.2, 0.25) is 0 Å². The molecule has 1 unspecified atom stereocenters. The van der Waals surface area contributed by atoms with Crippen LogP contribution in [-0.4, -0.2) is 28.5 Å². The van der Waals surface area contributed by atoms with Crippen LogP contribution in [0.15, 0.2) is 34.5 Å². The third kappa shape index (κ3) is 5.27. The maximum Gasteiger partial charge on any atom is 0.442 e. The first kappa shape index (κ1) is 24.9. The zero-order valence-corrected chi connectivity index (χ0v) is 18.2. The molecular weight excluding hydrogens is 409 g/mol. The van der Waals surface area contributed by atoms with Gasteiger partial charge in [-0.05, 0) is 50.5 Å². The van der Waals surface area contributed by atoms with Gasteiger partial charge < -0.3 is 10.2 Å². The number of aliphatic hydroxyl groups is 1. The van der Waals surface area contributed by atoms with Gasteiger partial charge in [0.25, 0.3) is 0 Å². The third-order valence-corrected chi connectivity index (χ3v) is 6.23. The van der Waals surface area contributed by atoms with Crippen LogP contribution in [0, 0.1) is 29.1 Å². The second-order valence-corrected chi connectivity index (χ2v) is 9.20. The quantitative estimate of drug-likeness (QED) is 0.485. The van der Waals surface area contributed by atoms with Crippen LogP contribution in [0.5, 0.6) is 0 Å². The second kappa shape index (κ2) is 8.62. The molecule has 0 spiro atoms. The normalized spacial score (nSPS) is 19.2. The van der Waals surface area contributed by atoms with E-state index in [4.69, 9.17) is 6.42 Å². The van der Waals surface area contributed by atoms with E-state index in [1.807, 2.05) is 27.7 Å². The Kier molecular flexibility index (Phi) is 6.91. The fourth-order valence-corrected chi connectivity index (χ4v) is 4.27. The molecule has 5 nitrogen and oxygen atoms in total. The summed E-state index contributed by atoms with van der Waals surface area (Å²) in [5.74, 6) is 0.566. The summed E-state index contributed by atoms with van der Waals surface area (Å²) in [4.78, 5) is 12.0. The number of rotatable bonds is 10. The number of aliphatic carboxylic acids is 1. The predicted molar refractivity (Wildman–Crippen MR) is 110 cm³/mol. The monoisotopic (exact) mass is 438 g/mol. The first-order valence-electron chi connectivity index (χ1n) is 10.2. The molecule has 31 heavy (non-hydrogen) atoms. The Balaban J connectivity index is 2.11. The molecule has 1 aliphatic heterocycles. The Bertz CT molecular complexity index is 866. The minimum Gasteiger partial charge on any atom is -0.481 e. The molecule has 1 aromatic carbocycles. The first-order valence-corrected chi connectivity index (χ1v) is 10.2. The van der Waals surface area contributed by atoms with Crippen molar-refractivity contribution in [1.29, 1.82) is 0 Å². The zero-order chi connectivity index (χ0) is 23.7. The number of hydrogen-bond donors (Lipinski definition) is 2. The molecular formula is C23H29F3N2O3. The van der Waals surface area contributed by atoms with E-state index in [0.717, 1.165) is 0 Å². The van der Waals surface area contributed by atoms with Crippen molar-refractivity contribution in [3.63, 3.8) is 0 Å². The summed E-state index contributed by atoms with van der Waals surface area (Å²) >= 11 is 0. The average Bonchev–Trinajstić information content (AvgIpc) is 3.48. The van der Waals surface area contributed by atoms with Gasteiger partial charge in [-0.3, -0.25) is 4.79 Å². The van der Waals surface area contributed by atoms with Crippen molar-refractivity contribution >= 4 is 5.97 Å². The van der Waals surface area contributed by atoms with Crippen LogP contribution in [0.2, 0.25) is 0 Å². The SMILES string of the molecule is C#CC(C)(C)CC(C)(CC)[C@@H](C(=O)O)[C@H](O)CCc1ccc(C2(C(F)(F)F)N=N2)cc1. The highest BCUT2D eigenvalue weighted by Crippen LogP contribution is 2.52. The van der Waals surface area contributed by atoms with E-state index in [0.29, 0.717) is 24.8 Å². The van der Waals surface area contributed by atoms with Crippen molar-refractivity contribution < 1.29 is 28.2 Å². The van der Waals surface area contributed by atoms with Crippen molar-refractivity contribution in [3.8, 4) is 12.3 Å². The molecule has 2 N–H and O–H groups in total. The molecule has 0 aliphatic carbocycles. The number of hydrogen-bond acceptors (Lipinski definition) is 4. The molecule has 170 valence electrons. The Morgan fingerprint density at radius 3 is 2.13 bits per heavy atom. The van der Waals surface area contributed by atoms with Crippen LogP contribution in [0.4, 0.5) is 13.2 Å². The lowest BCUT2D eigenvalue weighted by Gasteiger charge is -2.41. The minimum atomic E-state index is -4.59. The summed E-state index contributed by atoms with van der Waals surface area (Å²) in [6.45, 7) is 7.42. The predicted octanol–water partition coefficient (Wildman–Crippen LogP) is 5.33. The van der Waals surface area contributed by atoms with E-state index in [1.54, 1.807) is 0 Å². The fraction of sp³-hybridized carbons (Fsp3) is 0.609. The molecule has 0 saturated carbocycles. The van der Waals surface area contributed by atoms with Gasteiger partial charge in [-0.25, -0.2) is 0 Å². The van der Waals surface area contributed by atoms with E-state index < -0.39 is 40.7 Å². The Labute approximate surface area is 180 Å². The Morgan fingerprint density at radius 1 is 1.19 bits per heavy atom. The minimum absolute atomic E-state index is 0.0669. The lowest BCUT2D eigenvalue weighted by molar-refractivity contribution is -0.166. The van der Waals surface area contributed by atoms with E-state index >= 15 is 0 Å². The summed E-state index contributed by atoms with van der Waals surface area (Å²) in [5, 5.41) is 27.0. The molecule has 0 aromatic heterocycles. The summed E-state index contributed by atoms with van der Waals surface area (Å²) in [7, 11) is 0. The fourth-order valence-electron chi connectivity index (χ4n) is 4.27. The largest absolute Gasteiger partial charge is 0.481 e. The van der Waals surface area contributed by atoms with Gasteiger partial charge >= 0.3 is 17.8 Å². The van der Waals surface area contributed by atoms with Gasteiger partial charge in [0, 0.05) is 11.0 Å². The summed E-state index contributed by atoms with van der Waals surface area (Å²) < 4.78 is 39.3. The van der Waals surface area contributed by atoms with E-state index in [-0.39, 0.29) is 12.0 Å². The number of benzene rings is 1. The smallest absolute Gasteiger partial charge is 0.442 e. The van der Waals surface area contributed by atoms with Crippen LogP contribution in [0.3, 0.4) is 0 Å². The van der Waals surface area contributed by atoms with Crippen molar-refractivity contribution in [2.24, 2.45) is 27.0 Å². The molecule has 1 aliphatic rings. The molecule has 0 saturated heterocycles. The molecule has 2 rings (SSSR count). The maximum absolute atomic E-state index is 13.1. The molecule has 0 amide bonds. The number of carbonyl (C=O) groups is 1. The number of nitrogens with zero attached hydrogens (tertiary/aromatic N) is 2. The molecule has 8 heteroatoms. The van der Waals surface area contributed by atoms with Crippen LogP contribution < -0.4 is 0 Å². The number of aliphatic hydroxyl groups excluding tert-OH is 1. The average molecular weight is 438 g/mol. The second-order valence-electron chi connectivity index (χ2n) is 9.20. The zero-order valence-electron chi connectivity index (χ0n) is 18.2. The lowest BCUT2D eigenvalue weighted by atomic mass is 9.63. The first-order chi connectivity index (χ1) is 14.2. The van der Waals surface area contributed by atoms with Gasteiger partial charge in [-0.2, -0.15) is 13.2 Å². The van der Waals surface area contributed by atoms with Gasteiger partial charge in [-0.1, -0.05) is 38.1 Å². The van der Waals surface area contributed by atoms with Gasteiger partial charge in [0.15, 0.2) is 0 Å². The van der Waals surface area contributed by atoms with Crippen LogP contribution in [0.25, 0.3) is 0 Å². The number of terminal acetylenes is 1. The highest BCUT2D eigenvalue weighted by atomic mass is 19.4. The number of carboxylic acids is 1. The Morgan fingerprint density at radius 2 is 1.74 bits per heavy atom. The van der Waals surface area contributed by atoms with Crippen molar-refractivity contribution in [2.75, 3.05) is 0 Å². The number of carboxylic acid groups (broad SMARTS) is 1. The topological polar surface area (TPSA) is 82.2 Å². The molecule has 3 atom stereocenters. The van der Waals surface area contributed by atoms with Crippen molar-refractivity contribution in [1.82, 2.24) is 0 Å². The van der Waals surface area contributed by atoms with E-state index in [2.05, 4.69) is 16.1 Å². The molecule has 0 fully saturated rings. The van der Waals surface area contributed by atoms with E-state index in [9.17, 15) is 28.2 Å². The van der Waals surface area contributed by atoms with Crippen molar-refractivity contribution in [3.05, 3.63) is 35.4 Å². The molecule has 0 bridgehead atoms. The van der Waals surface area contributed by atoms with E-state index in [1.165, 1.54) is 24.3 Å². The summed E-state index contributed by atoms with van der Waals surface area (Å²) in [6, 6.07) is 5.68. The highest BCUT2D eigenvalue weighted by Gasteiger charge is 2.65. The van der Waals surface area contributed by atoms with Gasteiger partial charge in [0.1, 0.15) is 0 Å². The van der Waals surface area contributed by atoms with Crippen molar-refractivity contribution in [2.45, 2.75) is 71.3 Å². The number of alkyl halides is 3. The number of halogens is 3. The van der Waals surface area contributed by atoms with Gasteiger partial charge in [0.05, 0.1) is 12.0 Å². The molecule has 1 heterocycles. The lowest BCUT2D eigenvalue weighted by Crippen LogP contribution is -2.43. The third-order valence-electron chi connectivity index (χ3n) is 6.23.